The van der Waals surface area contributed by atoms with Crippen molar-refractivity contribution >= 4 is 43.2 Å². The van der Waals surface area contributed by atoms with E-state index in [9.17, 15) is 13.2 Å². The lowest BCUT2D eigenvalue weighted by Crippen LogP contribution is -2.40. The summed E-state index contributed by atoms with van der Waals surface area (Å²) in [4.78, 5) is 20.7. The summed E-state index contributed by atoms with van der Waals surface area (Å²) in [5.41, 5.74) is 1.16. The molecule has 1 amide bonds. The fourth-order valence-electron chi connectivity index (χ4n) is 4.56. The molecule has 1 aromatic carbocycles. The van der Waals surface area contributed by atoms with Crippen molar-refractivity contribution in [3.05, 3.63) is 58.7 Å². The maximum atomic E-state index is 15.1. The van der Waals surface area contributed by atoms with E-state index in [0.717, 1.165) is 45.1 Å². The summed E-state index contributed by atoms with van der Waals surface area (Å²) < 4.78 is 54.8. The molecule has 0 unspecified atom stereocenters. The van der Waals surface area contributed by atoms with Crippen LogP contribution in [0.15, 0.2) is 45.9 Å². The van der Waals surface area contributed by atoms with Crippen LogP contribution < -0.4 is 10.1 Å². The number of pyridine rings is 1. The maximum absolute atomic E-state index is 15.1. The number of hydrogen-bond donors (Lipinski definition) is 1. The first-order valence-electron chi connectivity index (χ1n) is 13.7. The number of sulfonamides is 1. The van der Waals surface area contributed by atoms with Gasteiger partial charge < -0.3 is 14.6 Å². The largest absolute Gasteiger partial charge is 0.453 e. The molecule has 4 rings (SSSR count). The van der Waals surface area contributed by atoms with Gasteiger partial charge in [0.15, 0.2) is 17.3 Å². The van der Waals surface area contributed by atoms with E-state index in [1.165, 1.54) is 26.0 Å². The second-order valence-corrected chi connectivity index (χ2v) is 13.3. The van der Waals surface area contributed by atoms with Gasteiger partial charge in [-0.05, 0) is 51.1 Å². The third-order valence-corrected chi connectivity index (χ3v) is 9.77. The highest BCUT2D eigenvalue weighted by Crippen LogP contribution is 2.36. The van der Waals surface area contributed by atoms with Gasteiger partial charge in [-0.2, -0.15) is 4.31 Å². The molecule has 0 aliphatic rings. The SMILES string of the molecule is CCN(CC)Cc1cc2nccc(Oc3ccc(NC(=O)CN(CC(C)C)S(=O)(=O)c4c(C)noc4C)cc3F)c2s1. The third kappa shape index (κ3) is 7.14. The summed E-state index contributed by atoms with van der Waals surface area (Å²) in [6.07, 6.45) is 1.62. The van der Waals surface area contributed by atoms with E-state index in [4.69, 9.17) is 9.26 Å². The number of benzene rings is 1. The number of thiophene rings is 1. The van der Waals surface area contributed by atoms with Crippen molar-refractivity contribution in [3.63, 3.8) is 0 Å². The molecular weight excluding hydrogens is 581 g/mol. The molecule has 3 aromatic heterocycles. The van der Waals surface area contributed by atoms with Gasteiger partial charge >= 0.3 is 0 Å². The van der Waals surface area contributed by atoms with Crippen molar-refractivity contribution in [3.8, 4) is 11.5 Å². The summed E-state index contributed by atoms with van der Waals surface area (Å²) in [6.45, 7) is 13.3. The summed E-state index contributed by atoms with van der Waals surface area (Å²) in [5, 5.41) is 6.33. The highest BCUT2D eigenvalue weighted by Gasteiger charge is 2.33. The Morgan fingerprint density at radius 2 is 1.88 bits per heavy atom. The van der Waals surface area contributed by atoms with Gasteiger partial charge in [0.05, 0.1) is 16.8 Å². The van der Waals surface area contributed by atoms with Crippen LogP contribution in [0, 0.1) is 25.6 Å². The molecule has 0 saturated carbocycles. The van der Waals surface area contributed by atoms with E-state index in [2.05, 4.69) is 34.2 Å². The number of ether oxygens (including phenoxy) is 1. The van der Waals surface area contributed by atoms with Crippen LogP contribution in [0.2, 0.25) is 0 Å². The minimum absolute atomic E-state index is 0.0124. The molecule has 0 atom stereocenters. The van der Waals surface area contributed by atoms with Gasteiger partial charge in [-0.25, -0.2) is 12.8 Å². The Bertz CT molecular complexity index is 1640. The number of halogens is 1. The van der Waals surface area contributed by atoms with Crippen LogP contribution in [-0.2, 0) is 21.4 Å². The van der Waals surface area contributed by atoms with Crippen molar-refractivity contribution in [2.24, 2.45) is 5.92 Å². The van der Waals surface area contributed by atoms with E-state index in [1.807, 2.05) is 19.9 Å². The number of nitrogens with zero attached hydrogens (tertiary/aromatic N) is 4. The molecule has 42 heavy (non-hydrogen) atoms. The van der Waals surface area contributed by atoms with Crippen LogP contribution >= 0.6 is 11.3 Å². The van der Waals surface area contributed by atoms with Crippen molar-refractivity contribution in [1.82, 2.24) is 19.3 Å². The monoisotopic (exact) mass is 617 g/mol. The van der Waals surface area contributed by atoms with E-state index in [0.29, 0.717) is 5.75 Å². The molecule has 0 spiro atoms. The first-order chi connectivity index (χ1) is 19.9. The van der Waals surface area contributed by atoms with E-state index < -0.39 is 28.3 Å². The molecule has 4 aromatic rings. The summed E-state index contributed by atoms with van der Waals surface area (Å²) >= 11 is 1.56. The van der Waals surface area contributed by atoms with Crippen molar-refractivity contribution in [2.75, 3.05) is 31.5 Å². The number of amides is 1. The van der Waals surface area contributed by atoms with Crippen LogP contribution in [0.3, 0.4) is 0 Å². The van der Waals surface area contributed by atoms with Crippen LogP contribution in [0.4, 0.5) is 10.1 Å². The molecule has 0 fully saturated rings. The molecule has 0 radical (unpaired) electrons. The fourth-order valence-corrected chi connectivity index (χ4v) is 7.51. The molecule has 10 nitrogen and oxygen atoms in total. The number of fused-ring (bicyclic) bond motifs is 1. The zero-order valence-electron chi connectivity index (χ0n) is 24.6. The molecule has 0 aliphatic heterocycles. The molecule has 1 N–H and O–H groups in total. The van der Waals surface area contributed by atoms with Crippen LogP contribution in [-0.4, -0.2) is 59.8 Å². The van der Waals surface area contributed by atoms with Crippen LogP contribution in [0.5, 0.6) is 11.5 Å². The first-order valence-corrected chi connectivity index (χ1v) is 16.0. The minimum atomic E-state index is -4.06. The average molecular weight is 618 g/mol. The Hall–Kier alpha value is -3.39. The quantitative estimate of drug-likeness (QED) is 0.195. The van der Waals surface area contributed by atoms with Crippen molar-refractivity contribution < 1.29 is 26.9 Å². The normalized spacial score (nSPS) is 12.1. The van der Waals surface area contributed by atoms with Crippen LogP contribution in [0.25, 0.3) is 10.2 Å². The smallest absolute Gasteiger partial charge is 0.248 e. The number of carbonyl (C=O) groups excluding carboxylic acids is 1. The van der Waals surface area contributed by atoms with Crippen molar-refractivity contribution in [1.29, 1.82) is 0 Å². The lowest BCUT2D eigenvalue weighted by atomic mass is 10.2. The topological polar surface area (TPSA) is 118 Å². The van der Waals surface area contributed by atoms with E-state index in [-0.39, 0.29) is 40.2 Å². The lowest BCUT2D eigenvalue weighted by Gasteiger charge is -2.23. The molecular formula is C29H36FN5O5S2. The number of anilines is 1. The number of aryl methyl sites for hydroxylation is 2. The van der Waals surface area contributed by atoms with E-state index in [1.54, 1.807) is 23.6 Å². The molecule has 0 aliphatic carbocycles. The standard InChI is InChI=1S/C29H36FN5O5S2/c1-7-34(8-2)16-22-14-24-28(41-22)26(11-12-31-24)39-25-10-9-21(13-23(25)30)32-27(36)17-35(15-18(3)4)42(37,38)29-19(5)33-40-20(29)6/h9-14,18H,7-8,15-17H2,1-6H3,(H,32,36). The number of carbonyl (C=O) groups is 1. The minimum Gasteiger partial charge on any atom is -0.453 e. The van der Waals surface area contributed by atoms with E-state index >= 15 is 4.39 Å². The number of nitrogens with one attached hydrogen (secondary N) is 1. The number of rotatable bonds is 13. The Kier molecular flexibility index (Phi) is 9.97. The predicted octanol–water partition coefficient (Wildman–Crippen LogP) is 5.96. The van der Waals surface area contributed by atoms with Crippen molar-refractivity contribution in [2.45, 2.75) is 53.0 Å². The van der Waals surface area contributed by atoms with Gasteiger partial charge in [0, 0.05) is 42.0 Å². The zero-order chi connectivity index (χ0) is 30.6. The Morgan fingerprint density at radius 3 is 2.50 bits per heavy atom. The molecule has 226 valence electrons. The van der Waals surface area contributed by atoms with Gasteiger partial charge in [0.2, 0.25) is 15.9 Å². The molecule has 3 heterocycles. The Balaban J connectivity index is 1.49. The fraction of sp³-hybridized carbons (Fsp3) is 0.414. The Labute approximate surface area is 249 Å². The van der Waals surface area contributed by atoms with Gasteiger partial charge in [-0.3, -0.25) is 14.7 Å². The molecule has 0 saturated heterocycles. The first kappa shape index (κ1) is 31.5. The maximum Gasteiger partial charge on any atom is 0.248 e. The third-order valence-electron chi connectivity index (χ3n) is 6.59. The number of aromatic nitrogens is 2. The Morgan fingerprint density at radius 1 is 1.14 bits per heavy atom. The van der Waals surface area contributed by atoms with Crippen LogP contribution in [0.1, 0.15) is 44.0 Å². The average Bonchev–Trinajstić information content (AvgIpc) is 3.50. The second kappa shape index (κ2) is 13.3. The van der Waals surface area contributed by atoms with Gasteiger partial charge in [-0.1, -0.05) is 32.9 Å². The predicted molar refractivity (Wildman–Crippen MR) is 161 cm³/mol. The van der Waals surface area contributed by atoms with Gasteiger partial charge in [0.25, 0.3) is 0 Å². The van der Waals surface area contributed by atoms with Gasteiger partial charge in [0.1, 0.15) is 16.3 Å². The molecule has 13 heteroatoms. The number of hydrogen-bond acceptors (Lipinski definition) is 9. The second-order valence-electron chi connectivity index (χ2n) is 10.3. The highest BCUT2D eigenvalue weighted by atomic mass is 32.2. The summed E-state index contributed by atoms with van der Waals surface area (Å²) in [7, 11) is -4.06. The molecule has 0 bridgehead atoms. The van der Waals surface area contributed by atoms with Gasteiger partial charge in [-0.15, -0.1) is 11.3 Å². The summed E-state index contributed by atoms with van der Waals surface area (Å²) in [5.74, 6) is -0.733. The highest BCUT2D eigenvalue weighted by molar-refractivity contribution is 7.89. The summed E-state index contributed by atoms with van der Waals surface area (Å²) in [6, 6.07) is 7.78. The zero-order valence-corrected chi connectivity index (χ0v) is 26.2. The lowest BCUT2D eigenvalue weighted by molar-refractivity contribution is -0.116.